The third-order valence-corrected chi connectivity index (χ3v) is 3.98. The fraction of sp³-hybridized carbons (Fsp3) is 0.500. The molecule has 5 nitrogen and oxygen atoms in total. The Balaban J connectivity index is 2.59. The fourth-order valence-electron chi connectivity index (χ4n) is 1.79. The average molecular weight is 293 g/mol. The van der Waals surface area contributed by atoms with E-state index in [1.54, 1.807) is 11.3 Å². The van der Waals surface area contributed by atoms with Crippen molar-refractivity contribution in [3.8, 4) is 0 Å². The second kappa shape index (κ2) is 5.01. The highest BCUT2D eigenvalue weighted by atomic mass is 32.1. The van der Waals surface area contributed by atoms with Gasteiger partial charge in [0.05, 0.1) is 5.69 Å². The van der Waals surface area contributed by atoms with Crippen LogP contribution in [-0.4, -0.2) is 15.3 Å². The number of carbonyl (C=O) groups is 1. The van der Waals surface area contributed by atoms with Gasteiger partial charge in [0.1, 0.15) is 5.69 Å². The van der Waals surface area contributed by atoms with Crippen LogP contribution in [0.25, 0.3) is 4.96 Å². The number of nitrogens with zero attached hydrogens (tertiary/aromatic N) is 2. The van der Waals surface area contributed by atoms with E-state index in [4.69, 9.17) is 0 Å². The number of aromatic nitrogens is 2. The SMILES string of the molecule is CCc1csc2nc(C)c(NC(=O)C(C)(C)C)c(=O)n12. The molecule has 108 valence electrons. The maximum Gasteiger partial charge on any atom is 0.282 e. The molecule has 0 radical (unpaired) electrons. The summed E-state index contributed by atoms with van der Waals surface area (Å²) in [5.74, 6) is -0.187. The standard InChI is InChI=1S/C14H19N3O2S/c1-6-9-7-20-13-15-8(2)10(11(18)17(9)13)16-12(19)14(3,4)5/h7H,6H2,1-5H3,(H,16,19). The van der Waals surface area contributed by atoms with Gasteiger partial charge < -0.3 is 5.32 Å². The van der Waals surface area contributed by atoms with E-state index in [-0.39, 0.29) is 17.2 Å². The summed E-state index contributed by atoms with van der Waals surface area (Å²) in [4.78, 5) is 29.7. The molecule has 0 atom stereocenters. The number of thiazole rings is 1. The van der Waals surface area contributed by atoms with Gasteiger partial charge in [-0.15, -0.1) is 11.3 Å². The molecule has 2 aromatic heterocycles. The second-order valence-electron chi connectivity index (χ2n) is 5.78. The predicted molar refractivity (Wildman–Crippen MR) is 81.5 cm³/mol. The molecule has 0 spiro atoms. The number of amides is 1. The monoisotopic (exact) mass is 293 g/mol. The number of anilines is 1. The van der Waals surface area contributed by atoms with Crippen LogP contribution in [0.1, 0.15) is 39.1 Å². The van der Waals surface area contributed by atoms with E-state index >= 15 is 0 Å². The van der Waals surface area contributed by atoms with E-state index in [0.29, 0.717) is 10.7 Å². The van der Waals surface area contributed by atoms with Crippen molar-refractivity contribution in [1.29, 1.82) is 0 Å². The quantitative estimate of drug-likeness (QED) is 0.925. The van der Waals surface area contributed by atoms with Gasteiger partial charge >= 0.3 is 0 Å². The van der Waals surface area contributed by atoms with Gasteiger partial charge in [0, 0.05) is 16.5 Å². The lowest BCUT2D eigenvalue weighted by atomic mass is 9.95. The molecular formula is C14H19N3O2S. The summed E-state index contributed by atoms with van der Waals surface area (Å²) in [6.07, 6.45) is 0.747. The lowest BCUT2D eigenvalue weighted by Crippen LogP contribution is -2.32. The van der Waals surface area contributed by atoms with Crippen molar-refractivity contribution in [3.05, 3.63) is 27.1 Å². The molecule has 0 saturated carbocycles. The van der Waals surface area contributed by atoms with Gasteiger partial charge in [0.2, 0.25) is 5.91 Å². The minimum atomic E-state index is -0.555. The summed E-state index contributed by atoms with van der Waals surface area (Å²) in [6, 6.07) is 0. The molecule has 0 aliphatic heterocycles. The van der Waals surface area contributed by atoms with E-state index in [9.17, 15) is 9.59 Å². The van der Waals surface area contributed by atoms with E-state index in [0.717, 1.165) is 12.1 Å². The van der Waals surface area contributed by atoms with Crippen LogP contribution in [0.5, 0.6) is 0 Å². The predicted octanol–water partition coefficient (Wildman–Crippen LogP) is 2.61. The van der Waals surface area contributed by atoms with Gasteiger partial charge in [-0.2, -0.15) is 0 Å². The Morgan fingerprint density at radius 2 is 2.10 bits per heavy atom. The van der Waals surface area contributed by atoms with E-state index in [1.165, 1.54) is 11.3 Å². The molecule has 0 aromatic carbocycles. The Morgan fingerprint density at radius 1 is 1.45 bits per heavy atom. The largest absolute Gasteiger partial charge is 0.320 e. The smallest absolute Gasteiger partial charge is 0.282 e. The number of nitrogens with one attached hydrogen (secondary N) is 1. The lowest BCUT2D eigenvalue weighted by molar-refractivity contribution is -0.123. The third kappa shape index (κ3) is 2.47. The van der Waals surface area contributed by atoms with Crippen molar-refractivity contribution in [2.24, 2.45) is 5.41 Å². The molecule has 1 N–H and O–H groups in total. The highest BCUT2D eigenvalue weighted by Gasteiger charge is 2.24. The Labute approximate surface area is 121 Å². The minimum absolute atomic E-state index is 0.187. The fourth-order valence-corrected chi connectivity index (χ4v) is 2.80. The first-order valence-electron chi connectivity index (χ1n) is 6.57. The Hall–Kier alpha value is -1.69. The van der Waals surface area contributed by atoms with E-state index in [2.05, 4.69) is 10.3 Å². The second-order valence-corrected chi connectivity index (χ2v) is 6.62. The zero-order chi connectivity index (χ0) is 15.1. The maximum absolute atomic E-state index is 12.6. The normalized spacial score (nSPS) is 11.8. The van der Waals surface area contributed by atoms with Crippen LogP contribution < -0.4 is 10.9 Å². The van der Waals surface area contributed by atoms with Crippen LogP contribution in [0, 0.1) is 12.3 Å². The number of hydrogen-bond acceptors (Lipinski definition) is 4. The van der Waals surface area contributed by atoms with Gasteiger partial charge in [-0.05, 0) is 13.3 Å². The minimum Gasteiger partial charge on any atom is -0.320 e. The van der Waals surface area contributed by atoms with Crippen LogP contribution in [0.15, 0.2) is 10.2 Å². The van der Waals surface area contributed by atoms with Crippen molar-refractivity contribution >= 4 is 27.9 Å². The number of fused-ring (bicyclic) bond motifs is 1. The Morgan fingerprint density at radius 3 is 2.65 bits per heavy atom. The first-order chi connectivity index (χ1) is 9.25. The molecule has 2 heterocycles. The van der Waals surface area contributed by atoms with Crippen LogP contribution in [0.3, 0.4) is 0 Å². The highest BCUT2D eigenvalue weighted by Crippen LogP contribution is 2.19. The van der Waals surface area contributed by atoms with E-state index in [1.807, 2.05) is 33.1 Å². The van der Waals surface area contributed by atoms with Gasteiger partial charge in [0.15, 0.2) is 4.96 Å². The molecule has 20 heavy (non-hydrogen) atoms. The molecule has 2 aromatic rings. The number of carbonyl (C=O) groups excluding carboxylic acids is 1. The number of rotatable bonds is 2. The molecule has 1 amide bonds. The van der Waals surface area contributed by atoms with Gasteiger partial charge in [-0.3, -0.25) is 14.0 Å². The van der Waals surface area contributed by atoms with Crippen molar-refractivity contribution in [3.63, 3.8) is 0 Å². The lowest BCUT2D eigenvalue weighted by Gasteiger charge is -2.18. The Bertz CT molecular complexity index is 722. The highest BCUT2D eigenvalue weighted by molar-refractivity contribution is 7.15. The summed E-state index contributed by atoms with van der Waals surface area (Å²) in [7, 11) is 0. The first kappa shape index (κ1) is 14.7. The topological polar surface area (TPSA) is 63.5 Å². The molecule has 0 fully saturated rings. The van der Waals surface area contributed by atoms with Crippen molar-refractivity contribution in [1.82, 2.24) is 9.38 Å². The first-order valence-corrected chi connectivity index (χ1v) is 7.45. The van der Waals surface area contributed by atoms with Crippen LogP contribution >= 0.6 is 11.3 Å². The molecule has 6 heteroatoms. The summed E-state index contributed by atoms with van der Waals surface area (Å²) in [6.45, 7) is 9.15. The summed E-state index contributed by atoms with van der Waals surface area (Å²) in [5, 5.41) is 4.65. The van der Waals surface area contributed by atoms with Gasteiger partial charge in [0.25, 0.3) is 5.56 Å². The summed E-state index contributed by atoms with van der Waals surface area (Å²) < 4.78 is 1.58. The molecule has 2 rings (SSSR count). The van der Waals surface area contributed by atoms with Crippen LogP contribution in [-0.2, 0) is 11.2 Å². The summed E-state index contributed by atoms with van der Waals surface area (Å²) in [5.41, 5.74) is 0.977. The van der Waals surface area contributed by atoms with Crippen molar-refractivity contribution in [2.45, 2.75) is 41.0 Å². The van der Waals surface area contributed by atoms with Gasteiger partial charge in [-0.25, -0.2) is 4.98 Å². The molecule has 0 bridgehead atoms. The third-order valence-electron chi connectivity index (χ3n) is 3.10. The molecular weight excluding hydrogens is 274 g/mol. The molecule has 0 aliphatic rings. The van der Waals surface area contributed by atoms with Crippen molar-refractivity contribution < 1.29 is 4.79 Å². The van der Waals surface area contributed by atoms with Crippen molar-refractivity contribution in [2.75, 3.05) is 5.32 Å². The van der Waals surface area contributed by atoms with Crippen LogP contribution in [0.2, 0.25) is 0 Å². The van der Waals surface area contributed by atoms with Crippen LogP contribution in [0.4, 0.5) is 5.69 Å². The van der Waals surface area contributed by atoms with Gasteiger partial charge in [-0.1, -0.05) is 27.7 Å². The Kier molecular flexibility index (Phi) is 3.69. The average Bonchev–Trinajstić information content (AvgIpc) is 2.75. The number of hydrogen-bond donors (Lipinski definition) is 1. The zero-order valence-corrected chi connectivity index (χ0v) is 13.2. The molecule has 0 saturated heterocycles. The summed E-state index contributed by atoms with van der Waals surface area (Å²) >= 11 is 1.44. The maximum atomic E-state index is 12.6. The van der Waals surface area contributed by atoms with E-state index < -0.39 is 5.41 Å². The molecule has 0 unspecified atom stereocenters. The number of aryl methyl sites for hydroxylation is 2. The zero-order valence-electron chi connectivity index (χ0n) is 12.4. The molecule has 0 aliphatic carbocycles.